The third-order valence-corrected chi connectivity index (χ3v) is 4.21. The topological polar surface area (TPSA) is 54.4 Å². The van der Waals surface area contributed by atoms with Crippen LogP contribution in [0.1, 0.15) is 71.1 Å². The second-order valence-corrected chi connectivity index (χ2v) is 6.62. The van der Waals surface area contributed by atoms with E-state index < -0.39 is 28.0 Å². The van der Waals surface area contributed by atoms with Crippen LogP contribution in [0.25, 0.3) is 0 Å². The van der Waals surface area contributed by atoms with Gasteiger partial charge in [-0.1, -0.05) is 64.7 Å². The minimum Gasteiger partial charge on any atom is -0.281 e. The lowest BCUT2D eigenvalue weighted by Gasteiger charge is -2.17. The Balaban J connectivity index is 3.66. The van der Waals surface area contributed by atoms with Crippen molar-refractivity contribution in [3.8, 4) is 0 Å². The summed E-state index contributed by atoms with van der Waals surface area (Å²) < 4.78 is 67.7. The second kappa shape index (κ2) is 9.60. The van der Waals surface area contributed by atoms with Crippen LogP contribution in [0.15, 0.2) is 0 Å². The lowest BCUT2D eigenvalue weighted by Crippen LogP contribution is -2.38. The van der Waals surface area contributed by atoms with Crippen LogP contribution >= 0.6 is 0 Å². The van der Waals surface area contributed by atoms with Crippen LogP contribution in [-0.2, 0) is 10.1 Å². The third kappa shape index (κ3) is 7.47. The van der Waals surface area contributed by atoms with E-state index in [1.54, 1.807) is 0 Å². The molecule has 0 amide bonds. The van der Waals surface area contributed by atoms with E-state index in [1.807, 2.05) is 0 Å². The highest BCUT2D eigenvalue weighted by Gasteiger charge is 2.52. The molecule has 0 spiro atoms. The van der Waals surface area contributed by atoms with Crippen molar-refractivity contribution < 1.29 is 26.1 Å². The first-order chi connectivity index (χ1) is 9.23. The smallest absolute Gasteiger partial charge is 0.281 e. The molecule has 0 aliphatic carbocycles. The van der Waals surface area contributed by atoms with E-state index in [0.717, 1.165) is 25.7 Å². The zero-order valence-electron chi connectivity index (χ0n) is 12.0. The lowest BCUT2D eigenvalue weighted by molar-refractivity contribution is -0.00709. The highest BCUT2D eigenvalue weighted by Crippen LogP contribution is 2.30. The largest absolute Gasteiger partial charge is 0.400 e. The van der Waals surface area contributed by atoms with Gasteiger partial charge in [0, 0.05) is 0 Å². The average molecular weight is 318 g/mol. The number of hydrogen-bond donors (Lipinski definition) is 1. The van der Waals surface area contributed by atoms with E-state index in [2.05, 4.69) is 6.92 Å². The number of hydrogen-bond acceptors (Lipinski definition) is 2. The van der Waals surface area contributed by atoms with Gasteiger partial charge < -0.3 is 0 Å². The number of alkyl halides is 3. The van der Waals surface area contributed by atoms with E-state index in [9.17, 15) is 21.6 Å². The second-order valence-electron chi connectivity index (χ2n) is 5.12. The number of unbranched alkanes of at least 4 members (excludes halogenated alkanes) is 8. The van der Waals surface area contributed by atoms with Gasteiger partial charge >= 0.3 is 15.4 Å². The molecule has 0 aromatic heterocycles. The lowest BCUT2D eigenvalue weighted by atomic mass is 10.1. The summed E-state index contributed by atoms with van der Waals surface area (Å²) in [6.45, 7) is 2.13. The molecule has 20 heavy (non-hydrogen) atoms. The minimum absolute atomic E-state index is 0.196. The molecule has 0 radical (unpaired) electrons. The van der Waals surface area contributed by atoms with Gasteiger partial charge in [0.2, 0.25) is 0 Å². The van der Waals surface area contributed by atoms with Crippen LogP contribution in [0, 0.1) is 0 Å². The Kier molecular flexibility index (Phi) is 9.46. The molecule has 0 aliphatic heterocycles. The molecule has 7 heteroatoms. The van der Waals surface area contributed by atoms with Gasteiger partial charge in [0.1, 0.15) is 0 Å². The Labute approximate surface area is 119 Å². The standard InChI is InChI=1S/C13H25F3O3S/c1-2-3-4-5-6-7-8-9-10-11-12(14)13(15,16)20(17,18)19/h12H,2-11H2,1H3,(H,17,18,19). The Morgan fingerprint density at radius 3 is 1.75 bits per heavy atom. The van der Waals surface area contributed by atoms with Gasteiger partial charge in [-0.15, -0.1) is 0 Å². The van der Waals surface area contributed by atoms with E-state index in [0.29, 0.717) is 6.42 Å². The monoisotopic (exact) mass is 318 g/mol. The van der Waals surface area contributed by atoms with Crippen molar-refractivity contribution in [1.29, 1.82) is 0 Å². The van der Waals surface area contributed by atoms with Crippen molar-refractivity contribution in [1.82, 2.24) is 0 Å². The molecule has 1 N–H and O–H groups in total. The molecule has 0 aromatic carbocycles. The van der Waals surface area contributed by atoms with Crippen molar-refractivity contribution in [2.45, 2.75) is 82.6 Å². The SMILES string of the molecule is CCCCCCCCCCCC(F)C(F)(F)S(=O)(=O)O. The summed E-state index contributed by atoms with van der Waals surface area (Å²) in [4.78, 5) is 0. The van der Waals surface area contributed by atoms with Crippen LogP contribution in [0.3, 0.4) is 0 Å². The van der Waals surface area contributed by atoms with Gasteiger partial charge in [0.05, 0.1) is 0 Å². The first-order valence-corrected chi connectivity index (χ1v) is 8.66. The molecule has 0 aromatic rings. The molecule has 0 bridgehead atoms. The maximum Gasteiger partial charge on any atom is 0.400 e. The number of rotatable bonds is 12. The molecular formula is C13H25F3O3S. The fraction of sp³-hybridized carbons (Fsp3) is 1.00. The van der Waals surface area contributed by atoms with E-state index in [-0.39, 0.29) is 6.42 Å². The van der Waals surface area contributed by atoms with Crippen LogP contribution in [-0.4, -0.2) is 24.4 Å². The molecule has 0 saturated carbocycles. The minimum atomic E-state index is -5.67. The van der Waals surface area contributed by atoms with Gasteiger partial charge in [-0.3, -0.25) is 4.55 Å². The summed E-state index contributed by atoms with van der Waals surface area (Å²) in [6.07, 6.45) is 5.03. The fourth-order valence-corrected chi connectivity index (χ4v) is 2.40. The van der Waals surface area contributed by atoms with Gasteiger partial charge in [-0.05, 0) is 6.42 Å². The Hall–Kier alpha value is -0.300. The molecule has 122 valence electrons. The summed E-state index contributed by atoms with van der Waals surface area (Å²) >= 11 is 0. The van der Waals surface area contributed by atoms with Gasteiger partial charge in [-0.25, -0.2) is 4.39 Å². The first kappa shape index (κ1) is 19.7. The van der Waals surface area contributed by atoms with Gasteiger partial charge in [0.25, 0.3) is 0 Å². The molecule has 0 heterocycles. The third-order valence-electron chi connectivity index (χ3n) is 3.27. The summed E-state index contributed by atoms with van der Waals surface area (Å²) in [5.41, 5.74) is 0. The highest BCUT2D eigenvalue weighted by atomic mass is 32.2. The zero-order chi connectivity index (χ0) is 15.6. The molecule has 3 nitrogen and oxygen atoms in total. The van der Waals surface area contributed by atoms with E-state index in [1.165, 1.54) is 19.3 Å². The summed E-state index contributed by atoms with van der Waals surface area (Å²) in [5, 5.41) is -4.70. The Morgan fingerprint density at radius 2 is 1.35 bits per heavy atom. The van der Waals surface area contributed by atoms with E-state index in [4.69, 9.17) is 4.55 Å². The van der Waals surface area contributed by atoms with Crippen LogP contribution in [0.2, 0.25) is 0 Å². The van der Waals surface area contributed by atoms with Crippen molar-refractivity contribution in [2.24, 2.45) is 0 Å². The Bertz CT molecular complexity index is 345. The molecule has 0 rings (SSSR count). The molecular weight excluding hydrogens is 293 g/mol. The van der Waals surface area contributed by atoms with Crippen molar-refractivity contribution in [3.63, 3.8) is 0 Å². The molecule has 0 aliphatic rings. The van der Waals surface area contributed by atoms with Crippen LogP contribution in [0.5, 0.6) is 0 Å². The fourth-order valence-electron chi connectivity index (χ4n) is 1.96. The zero-order valence-corrected chi connectivity index (χ0v) is 12.8. The maximum atomic E-state index is 13.1. The Morgan fingerprint density at radius 1 is 0.950 bits per heavy atom. The first-order valence-electron chi connectivity index (χ1n) is 7.22. The number of halogens is 3. The average Bonchev–Trinajstić information content (AvgIpc) is 2.35. The predicted octanol–water partition coefficient (Wildman–Crippen LogP) is 4.73. The molecule has 0 saturated heterocycles. The van der Waals surface area contributed by atoms with Crippen molar-refractivity contribution in [2.75, 3.05) is 0 Å². The van der Waals surface area contributed by atoms with Crippen molar-refractivity contribution in [3.05, 3.63) is 0 Å². The van der Waals surface area contributed by atoms with E-state index >= 15 is 0 Å². The predicted molar refractivity (Wildman–Crippen MR) is 73.2 cm³/mol. The molecule has 1 atom stereocenters. The summed E-state index contributed by atoms with van der Waals surface area (Å²) in [7, 11) is -5.67. The van der Waals surface area contributed by atoms with Crippen LogP contribution < -0.4 is 0 Å². The summed E-state index contributed by atoms with van der Waals surface area (Å²) in [6, 6.07) is 0. The van der Waals surface area contributed by atoms with Gasteiger partial charge in [0.15, 0.2) is 6.17 Å². The normalized spacial score (nSPS) is 14.4. The maximum absolute atomic E-state index is 13.1. The quantitative estimate of drug-likeness (QED) is 0.418. The molecule has 0 fully saturated rings. The van der Waals surface area contributed by atoms with Gasteiger partial charge in [-0.2, -0.15) is 17.2 Å². The molecule has 1 unspecified atom stereocenters. The highest BCUT2D eigenvalue weighted by molar-refractivity contribution is 7.86. The summed E-state index contributed by atoms with van der Waals surface area (Å²) in [5.74, 6) is 0. The van der Waals surface area contributed by atoms with Crippen LogP contribution in [0.4, 0.5) is 13.2 Å². The van der Waals surface area contributed by atoms with Crippen molar-refractivity contribution >= 4 is 10.1 Å².